The summed E-state index contributed by atoms with van der Waals surface area (Å²) in [7, 11) is 1.60. The van der Waals surface area contributed by atoms with Crippen LogP contribution in [0.3, 0.4) is 0 Å². The molecule has 8 heteroatoms. The van der Waals surface area contributed by atoms with E-state index in [0.29, 0.717) is 29.0 Å². The van der Waals surface area contributed by atoms with Crippen molar-refractivity contribution in [1.29, 1.82) is 0 Å². The molecule has 0 fully saturated rings. The summed E-state index contributed by atoms with van der Waals surface area (Å²) in [6, 6.07) is 13.9. The monoisotopic (exact) mass is 398 g/mol. The van der Waals surface area contributed by atoms with Gasteiger partial charge in [0.15, 0.2) is 0 Å². The van der Waals surface area contributed by atoms with Crippen LogP contribution in [0, 0.1) is 0 Å². The van der Waals surface area contributed by atoms with Crippen LogP contribution in [0.2, 0.25) is 5.02 Å². The van der Waals surface area contributed by atoms with Gasteiger partial charge >= 0.3 is 6.03 Å². The predicted octanol–water partition coefficient (Wildman–Crippen LogP) is 4.62. The summed E-state index contributed by atoms with van der Waals surface area (Å²) in [5, 5.41) is 7.31. The number of amides is 2. The van der Waals surface area contributed by atoms with Gasteiger partial charge in [0.2, 0.25) is 11.7 Å². The van der Waals surface area contributed by atoms with Crippen LogP contribution in [-0.2, 0) is 6.54 Å². The van der Waals surface area contributed by atoms with Gasteiger partial charge in [-0.1, -0.05) is 28.9 Å². The average Bonchev–Trinajstić information content (AvgIpc) is 3.16. The number of nitrogens with one attached hydrogen (secondary N) is 1. The maximum Gasteiger partial charge on any atom is 0.322 e. The SMILES string of the molecule is C=CCN(Cc1nc(-c2ccc(OC)cc2)no1)C(=O)Nc1cccc(Cl)c1. The maximum atomic E-state index is 12.6. The number of urea groups is 1. The van der Waals surface area contributed by atoms with Crippen LogP contribution in [0.4, 0.5) is 10.5 Å². The fourth-order valence-corrected chi connectivity index (χ4v) is 2.67. The van der Waals surface area contributed by atoms with Crippen LogP contribution in [0.25, 0.3) is 11.4 Å². The molecule has 0 unspecified atom stereocenters. The van der Waals surface area contributed by atoms with Crippen molar-refractivity contribution in [2.24, 2.45) is 0 Å². The van der Waals surface area contributed by atoms with Gasteiger partial charge in [0, 0.05) is 22.8 Å². The van der Waals surface area contributed by atoms with E-state index in [-0.39, 0.29) is 12.6 Å². The highest BCUT2D eigenvalue weighted by Crippen LogP contribution is 2.20. The fraction of sp³-hybridized carbons (Fsp3) is 0.150. The average molecular weight is 399 g/mol. The summed E-state index contributed by atoms with van der Waals surface area (Å²) in [6.45, 7) is 4.15. The second kappa shape index (κ2) is 9.05. The zero-order valence-electron chi connectivity index (χ0n) is 15.3. The lowest BCUT2D eigenvalue weighted by Gasteiger charge is -2.19. The van der Waals surface area contributed by atoms with Crippen LogP contribution < -0.4 is 10.1 Å². The van der Waals surface area contributed by atoms with Gasteiger partial charge in [-0.25, -0.2) is 4.79 Å². The Balaban J connectivity index is 1.70. The topological polar surface area (TPSA) is 80.5 Å². The van der Waals surface area contributed by atoms with Crippen molar-refractivity contribution < 1.29 is 14.1 Å². The molecule has 2 amide bonds. The lowest BCUT2D eigenvalue weighted by Crippen LogP contribution is -2.34. The first kappa shape index (κ1) is 19.4. The molecule has 0 saturated carbocycles. The van der Waals surface area contributed by atoms with Gasteiger partial charge in [-0.05, 0) is 42.5 Å². The molecule has 0 aliphatic carbocycles. The molecule has 3 aromatic rings. The van der Waals surface area contributed by atoms with Crippen molar-refractivity contribution in [2.45, 2.75) is 6.54 Å². The first-order valence-electron chi connectivity index (χ1n) is 8.48. The number of anilines is 1. The minimum atomic E-state index is -0.327. The molecule has 144 valence electrons. The first-order valence-corrected chi connectivity index (χ1v) is 8.86. The molecular weight excluding hydrogens is 380 g/mol. The second-order valence-electron chi connectivity index (χ2n) is 5.85. The zero-order chi connectivity index (χ0) is 19.9. The molecule has 0 saturated heterocycles. The molecule has 0 aliphatic rings. The van der Waals surface area contributed by atoms with Crippen molar-refractivity contribution in [1.82, 2.24) is 15.0 Å². The smallest absolute Gasteiger partial charge is 0.322 e. The second-order valence-corrected chi connectivity index (χ2v) is 6.29. The van der Waals surface area contributed by atoms with Crippen molar-refractivity contribution in [3.05, 3.63) is 72.1 Å². The van der Waals surface area contributed by atoms with Crippen LogP contribution in [0.1, 0.15) is 5.89 Å². The molecular formula is C20H19ClN4O3. The molecule has 0 radical (unpaired) electrons. The molecule has 1 N–H and O–H groups in total. The Morgan fingerprint density at radius 1 is 1.32 bits per heavy atom. The van der Waals surface area contributed by atoms with E-state index in [1.807, 2.05) is 24.3 Å². The van der Waals surface area contributed by atoms with E-state index in [1.165, 1.54) is 4.90 Å². The standard InChI is InChI=1S/C20H19ClN4O3/c1-3-11-25(20(26)22-16-6-4-5-15(21)12-16)13-18-23-19(24-28-18)14-7-9-17(27-2)10-8-14/h3-10,12H,1,11,13H2,2H3,(H,22,26). The Bertz CT molecular complexity index is 956. The number of methoxy groups -OCH3 is 1. The third-order valence-corrected chi connectivity index (χ3v) is 4.09. The summed E-state index contributed by atoms with van der Waals surface area (Å²) < 4.78 is 10.4. The molecule has 7 nitrogen and oxygen atoms in total. The number of rotatable bonds is 7. The lowest BCUT2D eigenvalue weighted by molar-refractivity contribution is 0.206. The minimum absolute atomic E-state index is 0.140. The number of nitrogens with zero attached hydrogens (tertiary/aromatic N) is 3. The van der Waals surface area contributed by atoms with E-state index in [1.54, 1.807) is 37.5 Å². The Labute approximate surface area is 167 Å². The summed E-state index contributed by atoms with van der Waals surface area (Å²) in [5.74, 6) is 1.49. The van der Waals surface area contributed by atoms with Gasteiger partial charge < -0.3 is 19.5 Å². The molecule has 0 spiro atoms. The molecule has 1 heterocycles. The van der Waals surface area contributed by atoms with E-state index in [4.69, 9.17) is 20.9 Å². The summed E-state index contributed by atoms with van der Waals surface area (Å²) >= 11 is 5.96. The number of hydrogen-bond donors (Lipinski definition) is 1. The van der Waals surface area contributed by atoms with E-state index in [0.717, 1.165) is 11.3 Å². The van der Waals surface area contributed by atoms with Crippen molar-refractivity contribution in [2.75, 3.05) is 19.0 Å². The Kier molecular flexibility index (Phi) is 6.29. The van der Waals surface area contributed by atoms with Gasteiger partial charge in [-0.15, -0.1) is 6.58 Å². The number of halogens is 1. The van der Waals surface area contributed by atoms with E-state index >= 15 is 0 Å². The normalized spacial score (nSPS) is 10.4. The molecule has 0 aliphatic heterocycles. The van der Waals surface area contributed by atoms with Crippen LogP contribution >= 0.6 is 11.6 Å². The van der Waals surface area contributed by atoms with Crippen LogP contribution in [0.5, 0.6) is 5.75 Å². The number of carbonyl (C=O) groups excluding carboxylic acids is 1. The highest BCUT2D eigenvalue weighted by atomic mass is 35.5. The van der Waals surface area contributed by atoms with Gasteiger partial charge in [-0.3, -0.25) is 0 Å². The number of aromatic nitrogens is 2. The quantitative estimate of drug-likeness (QED) is 0.587. The summed E-state index contributed by atoms with van der Waals surface area (Å²) in [5.41, 5.74) is 1.38. The molecule has 2 aromatic carbocycles. The summed E-state index contributed by atoms with van der Waals surface area (Å²) in [4.78, 5) is 18.5. The van der Waals surface area contributed by atoms with Crippen molar-refractivity contribution in [3.8, 4) is 17.1 Å². The largest absolute Gasteiger partial charge is 0.497 e. The zero-order valence-corrected chi connectivity index (χ0v) is 16.0. The number of ether oxygens (including phenoxy) is 1. The third kappa shape index (κ3) is 4.89. The van der Waals surface area contributed by atoms with Gasteiger partial charge in [0.25, 0.3) is 0 Å². The van der Waals surface area contributed by atoms with E-state index in [2.05, 4.69) is 22.0 Å². The minimum Gasteiger partial charge on any atom is -0.497 e. The van der Waals surface area contributed by atoms with E-state index in [9.17, 15) is 4.79 Å². The molecule has 28 heavy (non-hydrogen) atoms. The van der Waals surface area contributed by atoms with Gasteiger partial charge in [0.1, 0.15) is 12.3 Å². The maximum absolute atomic E-state index is 12.6. The fourth-order valence-electron chi connectivity index (χ4n) is 2.48. The Morgan fingerprint density at radius 2 is 2.11 bits per heavy atom. The molecule has 1 aromatic heterocycles. The van der Waals surface area contributed by atoms with Crippen molar-refractivity contribution in [3.63, 3.8) is 0 Å². The Morgan fingerprint density at radius 3 is 2.79 bits per heavy atom. The van der Waals surface area contributed by atoms with Gasteiger partial charge in [-0.2, -0.15) is 4.98 Å². The molecule has 0 bridgehead atoms. The highest BCUT2D eigenvalue weighted by molar-refractivity contribution is 6.30. The van der Waals surface area contributed by atoms with Gasteiger partial charge in [0.05, 0.1) is 7.11 Å². The summed E-state index contributed by atoms with van der Waals surface area (Å²) in [6.07, 6.45) is 1.62. The van der Waals surface area contributed by atoms with Crippen LogP contribution in [-0.4, -0.2) is 34.7 Å². The first-order chi connectivity index (χ1) is 13.6. The Hall–Kier alpha value is -3.32. The molecule has 0 atom stereocenters. The van der Waals surface area contributed by atoms with Crippen LogP contribution in [0.15, 0.2) is 65.7 Å². The molecule has 3 rings (SSSR count). The number of hydrogen-bond acceptors (Lipinski definition) is 5. The lowest BCUT2D eigenvalue weighted by atomic mass is 10.2. The third-order valence-electron chi connectivity index (χ3n) is 3.86. The number of carbonyl (C=O) groups is 1. The predicted molar refractivity (Wildman–Crippen MR) is 107 cm³/mol. The van der Waals surface area contributed by atoms with E-state index < -0.39 is 0 Å². The highest BCUT2D eigenvalue weighted by Gasteiger charge is 2.17. The van der Waals surface area contributed by atoms with Crippen molar-refractivity contribution >= 4 is 23.3 Å². The number of benzene rings is 2.